The fourth-order valence-electron chi connectivity index (χ4n) is 7.84. The Morgan fingerprint density at radius 3 is 2.07 bits per heavy atom. The van der Waals surface area contributed by atoms with E-state index in [9.17, 15) is 67.8 Å². The van der Waals surface area contributed by atoms with Gasteiger partial charge >= 0.3 is 43.0 Å². The lowest BCUT2D eigenvalue weighted by molar-refractivity contribution is -0.745. The number of fused-ring (bicyclic) bond motifs is 2. The Kier molecular flexibility index (Phi) is 15.1. The number of carbonyl (C=O) groups excluding carboxylic acids is 1. The number of nitrogens with zero attached hydrogens (tertiary/aromatic N) is 8. The smallest absolute Gasteiger partial charge is 0.387 e. The average Bonchev–Trinajstić information content (AvgIpc) is 4.07. The molecule has 8 rings (SSSR count). The molecule has 40 heteroatoms. The van der Waals surface area contributed by atoms with Crippen LogP contribution in [-0.4, -0.2) is 173 Å². The minimum atomic E-state index is -6.19. The highest BCUT2D eigenvalue weighted by molar-refractivity contribution is 7.66. The number of aryl methyl sites for hydroxylation is 1. The number of H-pyrrole nitrogens is 1. The number of hydrogen-bond acceptors (Lipinski definition) is 26. The van der Waals surface area contributed by atoms with Crippen molar-refractivity contribution in [1.82, 2.24) is 44.3 Å². The van der Waals surface area contributed by atoms with Crippen molar-refractivity contribution in [3.63, 3.8) is 0 Å². The summed E-state index contributed by atoms with van der Waals surface area (Å²) in [7, 11) is -20.8. The van der Waals surface area contributed by atoms with Gasteiger partial charge in [0.15, 0.2) is 30.2 Å². The van der Waals surface area contributed by atoms with Crippen LogP contribution in [-0.2, 0) is 71.0 Å². The number of carbonyl (C=O) groups is 1. The van der Waals surface area contributed by atoms with E-state index >= 15 is 0 Å². The van der Waals surface area contributed by atoms with Gasteiger partial charge < -0.3 is 75.7 Å². The SMILES string of the molecule is C=C1C=CN([C@@H]2O[C@H](COP(=O)(O)O[C@@H]3C(OC)[C@H](n4cnc5c(N)ncnc54)O[C@@H]3COP(=O)(O)OP(=O)(O)OP(=O)(O)OC[C@H]3O[C@@H]([n+]4cn(C)c5c(=O)[nH]c(N)nc54)C(O)[C@H]3O)[C@H](O)C2O)C(=O)N1. The minimum absolute atomic E-state index is 0.0138. The van der Waals surface area contributed by atoms with Crippen LogP contribution < -0.4 is 26.9 Å². The molecule has 3 saturated heterocycles. The first-order valence-electron chi connectivity index (χ1n) is 20.4. The van der Waals surface area contributed by atoms with Crippen LogP contribution in [0.4, 0.5) is 16.6 Å². The molecule has 0 aliphatic carbocycles. The van der Waals surface area contributed by atoms with Gasteiger partial charge in [-0.3, -0.25) is 41.9 Å². The number of aliphatic hydroxyl groups excluding tert-OH is 4. The zero-order valence-corrected chi connectivity index (χ0v) is 40.4. The van der Waals surface area contributed by atoms with Crippen LogP contribution in [0.25, 0.3) is 22.3 Å². The van der Waals surface area contributed by atoms with Gasteiger partial charge in [-0.15, -0.1) is 0 Å². The number of allylic oxidation sites excluding steroid dienone is 1. The van der Waals surface area contributed by atoms with E-state index in [-0.39, 0.29) is 39.8 Å². The molecule has 16 atom stereocenters. The number of amides is 2. The number of phosphoric ester groups is 3. The molecule has 4 aliphatic rings. The van der Waals surface area contributed by atoms with Crippen molar-refractivity contribution in [2.45, 2.75) is 73.6 Å². The van der Waals surface area contributed by atoms with Crippen LogP contribution in [0.2, 0.25) is 0 Å². The number of aromatic nitrogens is 8. The van der Waals surface area contributed by atoms with E-state index in [1.807, 2.05) is 0 Å². The number of anilines is 2. The largest absolute Gasteiger partial charge is 0.490 e. The molecule has 396 valence electrons. The molecule has 2 amide bonds. The van der Waals surface area contributed by atoms with Crippen molar-refractivity contribution in [2.24, 2.45) is 7.05 Å². The van der Waals surface area contributed by atoms with Crippen LogP contribution in [0.1, 0.15) is 12.5 Å². The Labute approximate surface area is 401 Å². The maximum absolute atomic E-state index is 13.6. The number of ether oxygens (including phenoxy) is 4. The maximum Gasteiger partial charge on any atom is 0.490 e. The first-order chi connectivity index (χ1) is 33.7. The lowest BCUT2D eigenvalue weighted by Gasteiger charge is -2.30. The summed E-state index contributed by atoms with van der Waals surface area (Å²) >= 11 is 0. The summed E-state index contributed by atoms with van der Waals surface area (Å²) in [6.45, 7) is 0.206. The average molecular weight is 1110 g/mol. The zero-order chi connectivity index (χ0) is 52.4. The molecular formula is C32H45N12O24P4+. The third kappa shape index (κ3) is 11.1. The van der Waals surface area contributed by atoms with Gasteiger partial charge in [-0.25, -0.2) is 42.6 Å². The summed E-state index contributed by atoms with van der Waals surface area (Å²) in [6.07, 6.45) is -14.1. The van der Waals surface area contributed by atoms with Crippen molar-refractivity contribution in [1.29, 1.82) is 0 Å². The number of phosphoric acid groups is 4. The minimum Gasteiger partial charge on any atom is -0.387 e. The summed E-state index contributed by atoms with van der Waals surface area (Å²) in [4.78, 5) is 86.3. The van der Waals surface area contributed by atoms with Crippen molar-refractivity contribution in [3.8, 4) is 0 Å². The number of nitrogen functional groups attached to an aromatic ring is 2. The Bertz CT molecular complexity index is 3030. The number of aliphatic hydroxyl groups is 4. The molecule has 0 saturated carbocycles. The van der Waals surface area contributed by atoms with Crippen LogP contribution in [0.15, 0.2) is 48.3 Å². The van der Waals surface area contributed by atoms with Gasteiger partial charge in [0.2, 0.25) is 11.7 Å². The molecule has 7 unspecified atom stereocenters. The Morgan fingerprint density at radius 2 is 1.42 bits per heavy atom. The predicted octanol–water partition coefficient (Wildman–Crippen LogP) is -3.55. The number of aromatic amines is 1. The van der Waals surface area contributed by atoms with E-state index in [0.717, 1.165) is 29.2 Å². The van der Waals surface area contributed by atoms with E-state index in [2.05, 4.69) is 50.0 Å². The van der Waals surface area contributed by atoms with Crippen LogP contribution >= 0.6 is 31.3 Å². The van der Waals surface area contributed by atoms with Crippen molar-refractivity contribution >= 4 is 71.4 Å². The van der Waals surface area contributed by atoms with Gasteiger partial charge in [0, 0.05) is 19.0 Å². The molecule has 14 N–H and O–H groups in total. The highest BCUT2D eigenvalue weighted by Gasteiger charge is 2.54. The highest BCUT2D eigenvalue weighted by atomic mass is 31.3. The first kappa shape index (κ1) is 53.7. The van der Waals surface area contributed by atoms with E-state index in [1.54, 1.807) is 0 Å². The second-order valence-electron chi connectivity index (χ2n) is 15.9. The van der Waals surface area contributed by atoms with Gasteiger partial charge in [-0.05, 0) is 6.08 Å². The fraction of sp³-hybridized carbons (Fsp3) is 0.531. The summed E-state index contributed by atoms with van der Waals surface area (Å²) in [5, 5.41) is 45.1. The third-order valence-corrected chi connectivity index (χ3v) is 16.3. The van der Waals surface area contributed by atoms with Crippen molar-refractivity contribution in [2.75, 3.05) is 38.4 Å². The molecule has 3 fully saturated rings. The second kappa shape index (κ2) is 20.3. The van der Waals surface area contributed by atoms with Crippen molar-refractivity contribution in [3.05, 3.63) is 53.9 Å². The summed E-state index contributed by atoms with van der Waals surface area (Å²) in [5.41, 5.74) is 11.1. The van der Waals surface area contributed by atoms with Gasteiger partial charge in [0.1, 0.15) is 66.8 Å². The molecule has 0 aromatic carbocycles. The van der Waals surface area contributed by atoms with Gasteiger partial charge in [-0.1, -0.05) is 11.6 Å². The van der Waals surface area contributed by atoms with E-state index in [1.165, 1.54) is 34.8 Å². The Balaban J connectivity index is 0.924. The normalized spacial score (nSPS) is 32.2. The monoisotopic (exact) mass is 1110 g/mol. The van der Waals surface area contributed by atoms with Gasteiger partial charge in [0.05, 0.1) is 33.2 Å². The second-order valence-corrected chi connectivity index (χ2v) is 21.9. The van der Waals surface area contributed by atoms with Gasteiger partial charge in [-0.2, -0.15) is 8.62 Å². The molecule has 0 spiro atoms. The number of imidazole rings is 2. The number of nitrogens with one attached hydrogen (secondary N) is 2. The third-order valence-electron chi connectivity index (χ3n) is 11.0. The van der Waals surface area contributed by atoms with Gasteiger partial charge in [0.25, 0.3) is 11.5 Å². The Morgan fingerprint density at radius 1 is 0.806 bits per heavy atom. The number of methoxy groups -OCH3 is 1. The first-order valence-corrected chi connectivity index (χ1v) is 26.4. The van der Waals surface area contributed by atoms with Crippen molar-refractivity contribution < 1.29 is 113 Å². The summed E-state index contributed by atoms with van der Waals surface area (Å²) in [5.74, 6) is -0.391. The highest BCUT2D eigenvalue weighted by Crippen LogP contribution is 2.68. The molecule has 0 radical (unpaired) electrons. The van der Waals surface area contributed by atoms with Crippen LogP contribution in [0.5, 0.6) is 0 Å². The molecule has 8 heterocycles. The molecular weight excluding hydrogens is 1060 g/mol. The molecule has 4 aliphatic heterocycles. The topological polar surface area (TPSA) is 505 Å². The molecule has 4 aromatic rings. The molecule has 36 nitrogen and oxygen atoms in total. The zero-order valence-electron chi connectivity index (χ0n) is 36.8. The maximum atomic E-state index is 13.6. The lowest BCUT2D eigenvalue weighted by Crippen LogP contribution is -2.49. The van der Waals surface area contributed by atoms with E-state index in [0.29, 0.717) is 0 Å². The van der Waals surface area contributed by atoms with Crippen LogP contribution in [0, 0.1) is 0 Å². The fourth-order valence-corrected chi connectivity index (χ4v) is 12.3. The predicted molar refractivity (Wildman–Crippen MR) is 230 cm³/mol. The number of hydrogen-bond donors (Lipinski definition) is 12. The summed E-state index contributed by atoms with van der Waals surface area (Å²) in [6, 6.07) is -0.784. The van der Waals surface area contributed by atoms with E-state index in [4.69, 9.17) is 44.0 Å². The van der Waals surface area contributed by atoms with E-state index < -0.39 is 136 Å². The summed E-state index contributed by atoms with van der Waals surface area (Å²) < 4.78 is 107. The quantitative estimate of drug-likeness (QED) is 0.0319. The standard InChI is InChI=1S/C32H44N12O24P4/c1-12-4-5-42(32(50)38-12)28-20(47)18(45)13(63-28)6-60-69(51,52)66-22-15(65-30(23(22)59-3)43-10-37-16-24(33)35-9-36-25(16)43)8-62-71(55,56)68-72(57,58)67-70(53,54)61-7-14-19(46)21(48)29(64-14)44-11-41(2)17-26(44)39-31(34)40-27(17)49/h4-5,9-11,13-15,18-23,28-30,45-48H,1,6-8H2,2-3H3,(H9-,33,34,35,36,38,39,40,49,50,51,52,53,54,55,56,57,58)/p+1/t13-,14-,15-,18+,19+,20?,21?,22+,23?,28-,29-,30-/m1/s1. The lowest BCUT2D eigenvalue weighted by atomic mass is 10.1. The number of urea groups is 1. The molecule has 72 heavy (non-hydrogen) atoms. The molecule has 4 aromatic heterocycles. The molecule has 0 bridgehead atoms. The Hall–Kier alpha value is -4.55. The number of nitrogens with two attached hydrogens (primary N) is 2. The van der Waals surface area contributed by atoms with Crippen LogP contribution in [0.3, 0.4) is 0 Å². The number of rotatable bonds is 19.